The molecule has 19 nitrogen and oxygen atoms in total. The standard InChI is InChI=1S/C65H45Cl2F4N9O10S2/c1-65(2,3)88-64(81)80(60-46-28-40(16-20-54(46)89-76-60)44-30-42(66)18-22-52(44)86-56-32-50(70)58(34-48(56)68)91(82,83)78(62-72-24-10-25-73-62)36-38-12-6-4-7-13-38)61-47-29-41(17-21-55(47)90-77-61)45-31-43(67)19-23-53(45)87-57-33-51(71)59(35-49(57)69)92(84,85)79(63-74-26-11-27-75-63)37-39-14-8-5-9-15-39/h4-35H,36-37H2,1-3H3. The molecule has 0 aliphatic heterocycles. The highest BCUT2D eigenvalue weighted by atomic mass is 35.5. The molecule has 0 aliphatic rings. The number of ether oxygens (including phenoxy) is 3. The van der Waals surface area contributed by atoms with Crippen molar-refractivity contribution in [3.8, 4) is 45.3 Å². The lowest BCUT2D eigenvalue weighted by Crippen LogP contribution is -2.34. The summed E-state index contributed by atoms with van der Waals surface area (Å²) in [6.45, 7) is 4.26. The summed E-state index contributed by atoms with van der Waals surface area (Å²) in [5.41, 5.74) is 1.18. The van der Waals surface area contributed by atoms with Gasteiger partial charge in [0.05, 0.1) is 23.9 Å². The monoisotopic (exact) mass is 1320 g/mol. The van der Waals surface area contributed by atoms with Gasteiger partial charge in [-0.15, -0.1) is 0 Å². The number of fused-ring (bicyclic) bond motifs is 2. The van der Waals surface area contributed by atoms with Crippen LogP contribution in [0.25, 0.3) is 44.2 Å². The number of hydrogen-bond donors (Lipinski definition) is 0. The van der Waals surface area contributed by atoms with Crippen LogP contribution in [0.4, 0.5) is 45.9 Å². The lowest BCUT2D eigenvalue weighted by Gasteiger charge is -2.24. The molecule has 12 aromatic rings. The smallest absolute Gasteiger partial charge is 0.422 e. The molecular formula is C65H45Cl2F4N9O10S2. The highest BCUT2D eigenvalue weighted by Crippen LogP contribution is 2.45. The number of anilines is 4. The number of benzene rings is 8. The second-order valence-electron chi connectivity index (χ2n) is 21.3. The molecule has 0 aliphatic carbocycles. The van der Waals surface area contributed by atoms with Gasteiger partial charge in [0.15, 0.2) is 45.9 Å². The van der Waals surface area contributed by atoms with E-state index in [1.54, 1.807) is 106 Å². The molecule has 0 fully saturated rings. The first kappa shape index (κ1) is 61.8. The molecule has 0 bridgehead atoms. The number of carbonyl (C=O) groups excluding carboxylic acids is 1. The fourth-order valence-electron chi connectivity index (χ4n) is 9.64. The van der Waals surface area contributed by atoms with Crippen LogP contribution in [0.3, 0.4) is 0 Å². The summed E-state index contributed by atoms with van der Waals surface area (Å²) in [6, 6.07) is 39.8. The van der Waals surface area contributed by atoms with Crippen LogP contribution in [-0.2, 0) is 37.9 Å². The van der Waals surface area contributed by atoms with Crippen molar-refractivity contribution in [2.24, 2.45) is 0 Å². The average Bonchev–Trinajstić information content (AvgIpc) is 1.44. The largest absolute Gasteiger partial charge is 0.454 e. The summed E-state index contributed by atoms with van der Waals surface area (Å²) in [7, 11) is -9.73. The van der Waals surface area contributed by atoms with E-state index in [1.807, 2.05) is 0 Å². The Morgan fingerprint density at radius 2 is 0.891 bits per heavy atom. The highest BCUT2D eigenvalue weighted by Gasteiger charge is 2.36. The number of hydrogen-bond acceptors (Lipinski definition) is 16. The molecule has 4 heterocycles. The summed E-state index contributed by atoms with van der Waals surface area (Å²) < 4.78 is 153. The molecule has 27 heteroatoms. The lowest BCUT2D eigenvalue weighted by molar-refractivity contribution is 0.0595. The van der Waals surface area contributed by atoms with Gasteiger partial charge in [-0.25, -0.2) is 72.6 Å². The molecule has 12 rings (SSSR count). The SMILES string of the molecule is CC(C)(C)OC(=O)N(c1noc2ccc(-c3cc(Cl)ccc3Oc3cc(F)c(S(=O)(=O)N(Cc4ccccc4)c4ncccn4)cc3F)cc12)c1noc2ccc(-c3cc(Cl)ccc3Oc3cc(F)c(S(=O)(=O)N(Cc4ccccc4)c4ncccn4)cc3F)cc12. The Bertz CT molecular complexity index is 4720. The van der Waals surface area contributed by atoms with Gasteiger partial charge in [0.25, 0.3) is 20.0 Å². The molecule has 0 N–H and O–H groups in total. The predicted molar refractivity (Wildman–Crippen MR) is 334 cm³/mol. The zero-order valence-corrected chi connectivity index (χ0v) is 51.2. The van der Waals surface area contributed by atoms with E-state index in [4.69, 9.17) is 46.5 Å². The normalized spacial score (nSPS) is 11.8. The predicted octanol–water partition coefficient (Wildman–Crippen LogP) is 16.2. The first-order chi connectivity index (χ1) is 44.1. The van der Waals surface area contributed by atoms with Crippen molar-refractivity contribution in [3.05, 3.63) is 239 Å². The van der Waals surface area contributed by atoms with E-state index < -0.39 is 76.3 Å². The van der Waals surface area contributed by atoms with Gasteiger partial charge in [-0.2, -0.15) is 0 Å². The van der Waals surface area contributed by atoms with E-state index in [1.165, 1.54) is 85.5 Å². The summed E-state index contributed by atoms with van der Waals surface area (Å²) in [5, 5.41) is 9.29. The Morgan fingerprint density at radius 1 is 0.489 bits per heavy atom. The fourth-order valence-corrected chi connectivity index (χ4v) is 12.8. The third-order valence-electron chi connectivity index (χ3n) is 13.8. The van der Waals surface area contributed by atoms with Crippen molar-refractivity contribution in [1.29, 1.82) is 0 Å². The molecule has 4 aromatic heterocycles. The van der Waals surface area contributed by atoms with E-state index in [9.17, 15) is 21.6 Å². The topological polar surface area (TPSA) is 226 Å². The summed E-state index contributed by atoms with van der Waals surface area (Å²) in [5.74, 6) is -7.69. The van der Waals surface area contributed by atoms with Crippen LogP contribution in [0.15, 0.2) is 213 Å². The number of amides is 1. The van der Waals surface area contributed by atoms with Crippen molar-refractivity contribution in [2.45, 2.75) is 49.3 Å². The molecule has 0 saturated carbocycles. The van der Waals surface area contributed by atoms with Gasteiger partial charge in [0, 0.05) is 70.2 Å². The Balaban J connectivity index is 0.877. The summed E-state index contributed by atoms with van der Waals surface area (Å²) >= 11 is 13.2. The average molecular weight is 1320 g/mol. The van der Waals surface area contributed by atoms with Crippen LogP contribution in [0.5, 0.6) is 23.0 Å². The van der Waals surface area contributed by atoms with Gasteiger partial charge in [0.1, 0.15) is 38.5 Å². The Morgan fingerprint density at radius 3 is 1.28 bits per heavy atom. The highest BCUT2D eigenvalue weighted by molar-refractivity contribution is 7.93. The van der Waals surface area contributed by atoms with E-state index >= 15 is 17.6 Å². The molecule has 0 spiro atoms. The zero-order valence-electron chi connectivity index (χ0n) is 48.1. The fraction of sp³-hybridized carbons (Fsp3) is 0.0923. The van der Waals surface area contributed by atoms with E-state index in [0.29, 0.717) is 46.5 Å². The van der Waals surface area contributed by atoms with Crippen LogP contribution in [0, 0.1) is 23.3 Å². The molecular weight excluding hydrogens is 1280 g/mol. The number of halogens is 6. The first-order valence-corrected chi connectivity index (χ1v) is 31.2. The molecule has 92 heavy (non-hydrogen) atoms. The number of aromatic nitrogens is 6. The van der Waals surface area contributed by atoms with E-state index in [0.717, 1.165) is 13.5 Å². The number of rotatable bonds is 18. The molecule has 0 radical (unpaired) electrons. The molecule has 0 saturated heterocycles. The maximum atomic E-state index is 16.4. The van der Waals surface area contributed by atoms with Gasteiger partial charge < -0.3 is 23.3 Å². The van der Waals surface area contributed by atoms with Crippen molar-refractivity contribution >= 4 is 94.8 Å². The van der Waals surface area contributed by atoms with Gasteiger partial charge >= 0.3 is 6.09 Å². The zero-order chi connectivity index (χ0) is 64.6. The minimum atomic E-state index is -4.87. The molecule has 8 aromatic carbocycles. The van der Waals surface area contributed by atoms with Crippen molar-refractivity contribution in [1.82, 2.24) is 30.2 Å². The summed E-state index contributed by atoms with van der Waals surface area (Å²) in [6.07, 6.45) is 4.23. The minimum absolute atomic E-state index is 0.0782. The van der Waals surface area contributed by atoms with Gasteiger partial charge in [-0.1, -0.05) is 106 Å². The first-order valence-electron chi connectivity index (χ1n) is 27.5. The van der Waals surface area contributed by atoms with Crippen LogP contribution in [0.2, 0.25) is 10.0 Å². The van der Waals surface area contributed by atoms with Gasteiger partial charge in [0.2, 0.25) is 11.9 Å². The molecule has 464 valence electrons. The van der Waals surface area contributed by atoms with E-state index in [2.05, 4.69) is 30.2 Å². The molecule has 0 unspecified atom stereocenters. The van der Waals surface area contributed by atoms with Gasteiger partial charge in [-0.05, 0) is 116 Å². The Hall–Kier alpha value is -10.5. The van der Waals surface area contributed by atoms with Crippen molar-refractivity contribution in [3.63, 3.8) is 0 Å². The van der Waals surface area contributed by atoms with Crippen molar-refractivity contribution < 1.29 is 62.4 Å². The van der Waals surface area contributed by atoms with Crippen LogP contribution < -0.4 is 23.0 Å². The van der Waals surface area contributed by atoms with Crippen molar-refractivity contribution in [2.75, 3.05) is 13.5 Å². The third-order valence-corrected chi connectivity index (χ3v) is 17.8. The maximum absolute atomic E-state index is 16.4. The minimum Gasteiger partial charge on any atom is -0.454 e. The summed E-state index contributed by atoms with van der Waals surface area (Å²) in [4.78, 5) is 29.9. The Kier molecular flexibility index (Phi) is 16.8. The second kappa shape index (κ2) is 25.1. The van der Waals surface area contributed by atoms with Crippen LogP contribution in [0.1, 0.15) is 31.9 Å². The second-order valence-corrected chi connectivity index (χ2v) is 25.8. The Labute approximate surface area is 531 Å². The van der Waals surface area contributed by atoms with Crippen LogP contribution >= 0.6 is 23.2 Å². The lowest BCUT2D eigenvalue weighted by atomic mass is 10.0. The quantitative estimate of drug-likeness (QED) is 0.0728. The number of sulfonamides is 2. The number of carbonyl (C=O) groups is 1. The number of nitrogens with zero attached hydrogens (tertiary/aromatic N) is 9. The maximum Gasteiger partial charge on any atom is 0.422 e. The van der Waals surface area contributed by atoms with E-state index in [-0.39, 0.29) is 91.2 Å². The third kappa shape index (κ3) is 12.7. The molecule has 1 amide bonds. The molecule has 0 atom stereocenters. The van der Waals surface area contributed by atoms with Crippen LogP contribution in [-0.4, -0.2) is 58.8 Å². The van der Waals surface area contributed by atoms with Gasteiger partial charge in [-0.3, -0.25) is 0 Å².